The molecule has 2 aromatic carbocycles. The second-order valence-electron chi connectivity index (χ2n) is 9.58. The second kappa shape index (κ2) is 8.57. The van der Waals surface area contributed by atoms with Crippen molar-refractivity contribution in [3.8, 4) is 0 Å². The predicted octanol–water partition coefficient (Wildman–Crippen LogP) is 1.58. The third-order valence-corrected chi connectivity index (χ3v) is 7.39. The lowest BCUT2D eigenvalue weighted by atomic mass is 10.0. The summed E-state index contributed by atoms with van der Waals surface area (Å²) in [5.74, 6) is -0.530. The summed E-state index contributed by atoms with van der Waals surface area (Å²) in [5, 5.41) is 12.3. The van der Waals surface area contributed by atoms with Crippen LogP contribution in [0.3, 0.4) is 0 Å². The second-order valence-corrected chi connectivity index (χ2v) is 9.58. The number of nitrogens with zero attached hydrogens (tertiary/aromatic N) is 6. The van der Waals surface area contributed by atoms with Crippen molar-refractivity contribution in [1.29, 1.82) is 0 Å². The van der Waals surface area contributed by atoms with Crippen molar-refractivity contribution in [2.75, 3.05) is 13.1 Å². The van der Waals surface area contributed by atoms with Gasteiger partial charge in [-0.3, -0.25) is 38.0 Å². The Hall–Kier alpha value is -4.48. The van der Waals surface area contributed by atoms with Crippen LogP contribution in [0.1, 0.15) is 34.8 Å². The van der Waals surface area contributed by atoms with Crippen molar-refractivity contribution >= 4 is 33.5 Å². The van der Waals surface area contributed by atoms with Gasteiger partial charge in [0.15, 0.2) is 0 Å². The summed E-state index contributed by atoms with van der Waals surface area (Å²) >= 11 is 0. The fourth-order valence-electron chi connectivity index (χ4n) is 5.27. The number of nitro benzene ring substituents is 1. The molecule has 0 saturated carbocycles. The molecule has 1 fully saturated rings. The maximum absolute atomic E-state index is 13.4. The first-order chi connectivity index (χ1) is 17.5. The lowest BCUT2D eigenvalue weighted by Gasteiger charge is -2.32. The molecule has 5 rings (SSSR count). The number of carbonyl (C=O) groups excluding carboxylic acids is 1. The molecule has 37 heavy (non-hydrogen) atoms. The highest BCUT2D eigenvalue weighted by molar-refractivity contribution is 6.02. The summed E-state index contributed by atoms with van der Waals surface area (Å²) in [6.07, 6.45) is 0.691. The van der Waals surface area contributed by atoms with E-state index in [0.29, 0.717) is 34.8 Å². The highest BCUT2D eigenvalue weighted by atomic mass is 16.6. The summed E-state index contributed by atoms with van der Waals surface area (Å²) in [7, 11) is 4.68. The van der Waals surface area contributed by atoms with E-state index in [9.17, 15) is 29.3 Å². The first-order valence-corrected chi connectivity index (χ1v) is 11.9. The molecule has 4 aromatic rings. The van der Waals surface area contributed by atoms with Gasteiger partial charge in [0.25, 0.3) is 17.2 Å². The van der Waals surface area contributed by atoms with E-state index < -0.39 is 22.6 Å². The lowest BCUT2D eigenvalue weighted by Crippen LogP contribution is -2.46. The average molecular weight is 507 g/mol. The van der Waals surface area contributed by atoms with Crippen LogP contribution in [0.2, 0.25) is 0 Å². The van der Waals surface area contributed by atoms with Gasteiger partial charge in [0.05, 0.1) is 26.9 Å². The number of piperidine rings is 1. The Kier molecular flexibility index (Phi) is 5.61. The molecule has 0 unspecified atom stereocenters. The smallest absolute Gasteiger partial charge is 0.331 e. The van der Waals surface area contributed by atoms with Crippen molar-refractivity contribution in [1.82, 2.24) is 23.2 Å². The van der Waals surface area contributed by atoms with E-state index in [1.807, 2.05) is 13.0 Å². The molecule has 2 aromatic heterocycles. The predicted molar refractivity (Wildman–Crippen MR) is 137 cm³/mol. The Morgan fingerprint density at radius 3 is 2.11 bits per heavy atom. The van der Waals surface area contributed by atoms with Crippen molar-refractivity contribution in [2.45, 2.75) is 25.8 Å². The summed E-state index contributed by atoms with van der Waals surface area (Å²) in [6, 6.07) is 7.59. The first kappa shape index (κ1) is 24.2. The third kappa shape index (κ3) is 3.67. The minimum Gasteiger partial charge on any atom is -0.338 e. The number of rotatable bonds is 3. The zero-order valence-corrected chi connectivity index (χ0v) is 20.9. The number of aromatic nitrogens is 4. The molecular formula is C25H26N6O6. The number of fused-ring (bicyclic) bond motifs is 2. The van der Waals surface area contributed by atoms with Crippen molar-refractivity contribution < 1.29 is 9.72 Å². The van der Waals surface area contributed by atoms with Gasteiger partial charge in [0, 0.05) is 46.3 Å². The number of amides is 1. The largest absolute Gasteiger partial charge is 0.338 e. The molecule has 0 aliphatic carbocycles. The Bertz CT molecular complexity index is 1800. The van der Waals surface area contributed by atoms with Gasteiger partial charge in [-0.1, -0.05) is 11.6 Å². The lowest BCUT2D eigenvalue weighted by molar-refractivity contribution is -0.385. The van der Waals surface area contributed by atoms with Crippen LogP contribution in [0.5, 0.6) is 0 Å². The molecule has 1 aliphatic heterocycles. The van der Waals surface area contributed by atoms with E-state index in [2.05, 4.69) is 0 Å². The van der Waals surface area contributed by atoms with Crippen molar-refractivity contribution in [2.24, 2.45) is 21.1 Å². The molecule has 0 radical (unpaired) electrons. The quantitative estimate of drug-likeness (QED) is 0.306. The van der Waals surface area contributed by atoms with Gasteiger partial charge in [-0.25, -0.2) is 9.59 Å². The number of hydrogen-bond donors (Lipinski definition) is 0. The van der Waals surface area contributed by atoms with Crippen LogP contribution in [-0.4, -0.2) is 47.1 Å². The molecule has 12 heteroatoms. The summed E-state index contributed by atoms with van der Waals surface area (Å²) in [5.41, 5.74) is 0.616. The molecule has 12 nitrogen and oxygen atoms in total. The summed E-state index contributed by atoms with van der Waals surface area (Å²) < 4.78 is 5.35. The maximum Gasteiger partial charge on any atom is 0.331 e. The van der Waals surface area contributed by atoms with Crippen LogP contribution in [0.25, 0.3) is 21.9 Å². The van der Waals surface area contributed by atoms with Crippen LogP contribution in [0, 0.1) is 17.0 Å². The Morgan fingerprint density at radius 2 is 1.49 bits per heavy atom. The van der Waals surface area contributed by atoms with Gasteiger partial charge in [-0.05, 0) is 38.0 Å². The van der Waals surface area contributed by atoms with Crippen LogP contribution in [-0.2, 0) is 21.1 Å². The molecule has 1 amide bonds. The molecule has 1 saturated heterocycles. The Labute approximate surface area is 209 Å². The van der Waals surface area contributed by atoms with E-state index in [0.717, 1.165) is 5.56 Å². The fraction of sp³-hybridized carbons (Fsp3) is 0.360. The van der Waals surface area contributed by atoms with Gasteiger partial charge in [-0.15, -0.1) is 0 Å². The molecule has 0 bridgehead atoms. The molecule has 192 valence electrons. The van der Waals surface area contributed by atoms with Crippen molar-refractivity contribution in [3.63, 3.8) is 0 Å². The van der Waals surface area contributed by atoms with Crippen LogP contribution < -0.4 is 16.9 Å². The van der Waals surface area contributed by atoms with Gasteiger partial charge in [0.2, 0.25) is 0 Å². The number of hydrogen-bond acceptors (Lipinski definition) is 6. The topological polar surface area (TPSA) is 134 Å². The highest BCUT2D eigenvalue weighted by Gasteiger charge is 2.31. The summed E-state index contributed by atoms with van der Waals surface area (Å²) in [4.78, 5) is 64.7. The standard InChI is InChI=1S/C25H26N6O6/c1-14-5-6-18-16(11-14)23(33)30(25(35)26(18)2)15-7-9-29(10-8-15)22(32)17-12-20-21(13-19(17)31(36)37)28(4)24(34)27(20)3/h5-6,11-13,15H,7-10H2,1-4H3. The molecular weight excluding hydrogens is 480 g/mol. The number of imidazole rings is 1. The van der Waals surface area contributed by atoms with E-state index in [-0.39, 0.29) is 35.6 Å². The van der Waals surface area contributed by atoms with Gasteiger partial charge < -0.3 is 4.90 Å². The number of aryl methyl sites for hydroxylation is 4. The molecule has 0 atom stereocenters. The minimum absolute atomic E-state index is 0.105. The third-order valence-electron chi connectivity index (χ3n) is 7.39. The number of likely N-dealkylation sites (tertiary alicyclic amines) is 1. The van der Waals surface area contributed by atoms with Crippen LogP contribution in [0.4, 0.5) is 5.69 Å². The minimum atomic E-state index is -0.628. The fourth-order valence-corrected chi connectivity index (χ4v) is 5.27. The first-order valence-electron chi connectivity index (χ1n) is 11.9. The van der Waals surface area contributed by atoms with E-state index >= 15 is 0 Å². The molecule has 0 spiro atoms. The summed E-state index contributed by atoms with van der Waals surface area (Å²) in [6.45, 7) is 2.31. The normalized spacial score (nSPS) is 14.5. The Morgan fingerprint density at radius 1 is 0.892 bits per heavy atom. The number of carbonyl (C=O) groups is 1. The number of benzene rings is 2. The number of nitro groups is 1. The van der Waals surface area contributed by atoms with E-state index in [1.54, 1.807) is 26.2 Å². The van der Waals surface area contributed by atoms with Gasteiger partial charge >= 0.3 is 11.4 Å². The highest BCUT2D eigenvalue weighted by Crippen LogP contribution is 2.29. The molecule has 1 aliphatic rings. The van der Waals surface area contributed by atoms with Crippen LogP contribution >= 0.6 is 0 Å². The molecule has 0 N–H and O–H groups in total. The monoisotopic (exact) mass is 506 g/mol. The SMILES string of the molecule is Cc1ccc2c(c1)c(=O)n(C1CCN(C(=O)c3cc4c(cc3[N+](=O)[O-])n(C)c(=O)n4C)CC1)c(=O)n2C. The maximum atomic E-state index is 13.4. The zero-order valence-electron chi connectivity index (χ0n) is 20.9. The van der Waals surface area contributed by atoms with E-state index in [1.165, 1.54) is 42.3 Å². The van der Waals surface area contributed by atoms with Gasteiger partial charge in [0.1, 0.15) is 5.56 Å². The Balaban J connectivity index is 1.48. The van der Waals surface area contributed by atoms with Gasteiger partial charge in [-0.2, -0.15) is 0 Å². The van der Waals surface area contributed by atoms with Crippen molar-refractivity contribution in [3.05, 3.63) is 82.9 Å². The van der Waals surface area contributed by atoms with E-state index in [4.69, 9.17) is 0 Å². The average Bonchev–Trinajstić information content (AvgIpc) is 3.10. The molecule has 3 heterocycles. The van der Waals surface area contributed by atoms with Crippen LogP contribution in [0.15, 0.2) is 44.7 Å². The zero-order chi connectivity index (χ0) is 26.8.